The van der Waals surface area contributed by atoms with Gasteiger partial charge in [0.15, 0.2) is 0 Å². The minimum Gasteiger partial charge on any atom is -0.385 e. The van der Waals surface area contributed by atoms with Gasteiger partial charge in [-0.1, -0.05) is 13.8 Å². The molecule has 0 fully saturated rings. The fraction of sp³-hybridized carbons (Fsp3) is 0.909. The molecule has 1 amide bonds. The van der Waals surface area contributed by atoms with Crippen LogP contribution >= 0.6 is 12.4 Å². The van der Waals surface area contributed by atoms with E-state index in [9.17, 15) is 4.79 Å². The van der Waals surface area contributed by atoms with Gasteiger partial charge in [-0.2, -0.15) is 0 Å². The van der Waals surface area contributed by atoms with Crippen LogP contribution in [0.5, 0.6) is 0 Å². The Hall–Kier alpha value is -0.320. The first kappa shape index (κ1) is 18.1. The second-order valence-electron chi connectivity index (χ2n) is 4.71. The maximum atomic E-state index is 11.6. The number of amides is 1. The van der Waals surface area contributed by atoms with E-state index in [1.165, 1.54) is 0 Å². The summed E-state index contributed by atoms with van der Waals surface area (Å²) in [5.41, 5.74) is 5.61. The first-order valence-corrected chi connectivity index (χ1v) is 5.36. The van der Waals surface area contributed by atoms with Crippen molar-refractivity contribution in [3.63, 3.8) is 0 Å². The maximum absolute atomic E-state index is 11.6. The van der Waals surface area contributed by atoms with Gasteiger partial charge in [-0.05, 0) is 18.4 Å². The van der Waals surface area contributed by atoms with Crippen molar-refractivity contribution in [1.29, 1.82) is 0 Å². The Labute approximate surface area is 105 Å². The molecule has 4 nitrogen and oxygen atoms in total. The van der Waals surface area contributed by atoms with E-state index in [-0.39, 0.29) is 23.7 Å². The Bertz CT molecular complexity index is 198. The van der Waals surface area contributed by atoms with Crippen LogP contribution in [0.15, 0.2) is 0 Å². The number of rotatable bonds is 7. The molecule has 0 bridgehead atoms. The van der Waals surface area contributed by atoms with Crippen LogP contribution < -0.4 is 5.73 Å². The summed E-state index contributed by atoms with van der Waals surface area (Å²) in [6, 6.07) is 0. The van der Waals surface area contributed by atoms with Crippen LogP contribution in [0, 0.1) is 5.41 Å². The lowest BCUT2D eigenvalue weighted by molar-refractivity contribution is -0.131. The molecule has 0 aromatic heterocycles. The Morgan fingerprint density at radius 3 is 2.44 bits per heavy atom. The van der Waals surface area contributed by atoms with Crippen molar-refractivity contribution in [2.24, 2.45) is 11.1 Å². The smallest absolute Gasteiger partial charge is 0.222 e. The standard InChI is InChI=1S/C11H24N2O2.ClH/c1-11(2,8-12)9-13(3)10(14)6-5-7-15-4;/h5-9,12H2,1-4H3;1H. The zero-order valence-electron chi connectivity index (χ0n) is 10.8. The summed E-state index contributed by atoms with van der Waals surface area (Å²) in [6.07, 6.45) is 1.33. The van der Waals surface area contributed by atoms with E-state index in [0.29, 0.717) is 26.1 Å². The van der Waals surface area contributed by atoms with Gasteiger partial charge < -0.3 is 15.4 Å². The third-order valence-corrected chi connectivity index (χ3v) is 2.38. The molecule has 0 radical (unpaired) electrons. The van der Waals surface area contributed by atoms with Crippen LogP contribution in [-0.4, -0.2) is 44.7 Å². The van der Waals surface area contributed by atoms with E-state index in [1.807, 2.05) is 7.05 Å². The van der Waals surface area contributed by atoms with Gasteiger partial charge in [0, 0.05) is 33.7 Å². The number of ether oxygens (including phenoxy) is 1. The number of halogens is 1. The summed E-state index contributed by atoms with van der Waals surface area (Å²) < 4.78 is 4.90. The molecule has 0 aromatic carbocycles. The molecule has 0 atom stereocenters. The van der Waals surface area contributed by atoms with Crippen molar-refractivity contribution < 1.29 is 9.53 Å². The quantitative estimate of drug-likeness (QED) is 0.695. The van der Waals surface area contributed by atoms with Crippen LogP contribution in [0.25, 0.3) is 0 Å². The highest BCUT2D eigenvalue weighted by Crippen LogP contribution is 2.14. The van der Waals surface area contributed by atoms with E-state index in [2.05, 4.69) is 13.8 Å². The lowest BCUT2D eigenvalue weighted by Crippen LogP contribution is -2.39. The fourth-order valence-corrected chi connectivity index (χ4v) is 1.35. The molecule has 0 saturated heterocycles. The second kappa shape index (κ2) is 8.79. The Morgan fingerprint density at radius 1 is 1.44 bits per heavy atom. The SMILES string of the molecule is COCCCC(=O)N(C)CC(C)(C)CN.Cl. The molecular weight excluding hydrogens is 228 g/mol. The lowest BCUT2D eigenvalue weighted by atomic mass is 9.93. The Balaban J connectivity index is 0. The van der Waals surface area contributed by atoms with Gasteiger partial charge >= 0.3 is 0 Å². The van der Waals surface area contributed by atoms with Gasteiger partial charge in [0.1, 0.15) is 0 Å². The molecular formula is C11H25ClN2O2. The first-order valence-electron chi connectivity index (χ1n) is 5.36. The van der Waals surface area contributed by atoms with Crippen LogP contribution in [0.2, 0.25) is 0 Å². The largest absolute Gasteiger partial charge is 0.385 e. The molecule has 0 spiro atoms. The topological polar surface area (TPSA) is 55.6 Å². The van der Waals surface area contributed by atoms with E-state index in [4.69, 9.17) is 10.5 Å². The minimum absolute atomic E-state index is 0. The average molecular weight is 253 g/mol. The van der Waals surface area contributed by atoms with Gasteiger partial charge in [-0.15, -0.1) is 12.4 Å². The molecule has 98 valence electrons. The third-order valence-electron chi connectivity index (χ3n) is 2.38. The highest BCUT2D eigenvalue weighted by Gasteiger charge is 2.20. The second-order valence-corrected chi connectivity index (χ2v) is 4.71. The molecule has 0 aliphatic carbocycles. The van der Waals surface area contributed by atoms with Gasteiger partial charge in [0.2, 0.25) is 5.91 Å². The van der Waals surface area contributed by atoms with Crippen molar-refractivity contribution in [3.8, 4) is 0 Å². The molecule has 0 unspecified atom stereocenters. The number of hydrogen-bond donors (Lipinski definition) is 1. The van der Waals surface area contributed by atoms with E-state index in [0.717, 1.165) is 6.42 Å². The predicted molar refractivity (Wildman–Crippen MR) is 68.8 cm³/mol. The highest BCUT2D eigenvalue weighted by atomic mass is 35.5. The van der Waals surface area contributed by atoms with E-state index >= 15 is 0 Å². The number of carbonyl (C=O) groups excluding carboxylic acids is 1. The molecule has 2 N–H and O–H groups in total. The summed E-state index contributed by atoms with van der Waals surface area (Å²) in [5.74, 6) is 0.161. The Kier molecular flexibility index (Phi) is 9.92. The number of nitrogens with two attached hydrogens (primary N) is 1. The van der Waals surface area contributed by atoms with Crippen molar-refractivity contribution >= 4 is 18.3 Å². The van der Waals surface area contributed by atoms with Gasteiger partial charge in [-0.3, -0.25) is 4.79 Å². The van der Waals surface area contributed by atoms with Crippen molar-refractivity contribution in [2.45, 2.75) is 26.7 Å². The summed E-state index contributed by atoms with van der Waals surface area (Å²) in [7, 11) is 3.47. The molecule has 5 heteroatoms. The minimum atomic E-state index is -0.00827. The summed E-state index contributed by atoms with van der Waals surface area (Å²) in [5, 5.41) is 0. The summed E-state index contributed by atoms with van der Waals surface area (Å²) >= 11 is 0. The molecule has 0 aliphatic rings. The van der Waals surface area contributed by atoms with Crippen LogP contribution in [-0.2, 0) is 9.53 Å². The van der Waals surface area contributed by atoms with Crippen LogP contribution in [0.4, 0.5) is 0 Å². The number of carbonyl (C=O) groups is 1. The summed E-state index contributed by atoms with van der Waals surface area (Å²) in [4.78, 5) is 13.4. The number of methoxy groups -OCH3 is 1. The van der Waals surface area contributed by atoms with Crippen LogP contribution in [0.3, 0.4) is 0 Å². The predicted octanol–water partition coefficient (Wildman–Crippen LogP) is 1.28. The molecule has 0 aromatic rings. The molecule has 0 saturated carbocycles. The van der Waals surface area contributed by atoms with Crippen molar-refractivity contribution in [1.82, 2.24) is 4.90 Å². The molecule has 0 heterocycles. The van der Waals surface area contributed by atoms with Gasteiger partial charge in [0.25, 0.3) is 0 Å². The van der Waals surface area contributed by atoms with E-state index < -0.39 is 0 Å². The molecule has 0 rings (SSSR count). The van der Waals surface area contributed by atoms with Crippen LogP contribution in [0.1, 0.15) is 26.7 Å². The summed E-state index contributed by atoms with van der Waals surface area (Å²) in [6.45, 7) is 6.05. The van der Waals surface area contributed by atoms with E-state index in [1.54, 1.807) is 12.0 Å². The average Bonchev–Trinajstić information content (AvgIpc) is 2.17. The fourth-order valence-electron chi connectivity index (χ4n) is 1.35. The zero-order chi connectivity index (χ0) is 11.9. The zero-order valence-corrected chi connectivity index (χ0v) is 11.6. The molecule has 16 heavy (non-hydrogen) atoms. The van der Waals surface area contributed by atoms with Crippen molar-refractivity contribution in [2.75, 3.05) is 33.9 Å². The number of hydrogen-bond acceptors (Lipinski definition) is 3. The number of nitrogens with zero attached hydrogens (tertiary/aromatic N) is 1. The maximum Gasteiger partial charge on any atom is 0.222 e. The highest BCUT2D eigenvalue weighted by molar-refractivity contribution is 5.85. The lowest BCUT2D eigenvalue weighted by Gasteiger charge is -2.29. The molecule has 0 aliphatic heterocycles. The third kappa shape index (κ3) is 7.91. The monoisotopic (exact) mass is 252 g/mol. The Morgan fingerprint density at radius 2 is 2.00 bits per heavy atom. The van der Waals surface area contributed by atoms with Gasteiger partial charge in [-0.25, -0.2) is 0 Å². The van der Waals surface area contributed by atoms with Gasteiger partial charge in [0.05, 0.1) is 0 Å². The normalized spacial score (nSPS) is 10.8. The van der Waals surface area contributed by atoms with Crippen molar-refractivity contribution in [3.05, 3.63) is 0 Å². The first-order chi connectivity index (χ1) is 6.93.